The van der Waals surface area contributed by atoms with Crippen molar-refractivity contribution in [2.45, 2.75) is 40.7 Å². The van der Waals surface area contributed by atoms with Gasteiger partial charge in [0.2, 0.25) is 0 Å². The van der Waals surface area contributed by atoms with Gasteiger partial charge < -0.3 is 19.3 Å². The van der Waals surface area contributed by atoms with Gasteiger partial charge in [0.15, 0.2) is 11.5 Å². The molecule has 0 radical (unpaired) electrons. The van der Waals surface area contributed by atoms with Crippen molar-refractivity contribution in [2.24, 2.45) is 5.16 Å². The van der Waals surface area contributed by atoms with Gasteiger partial charge in [0.25, 0.3) is 0 Å². The summed E-state index contributed by atoms with van der Waals surface area (Å²) in [6.07, 6.45) is 4.54. The van der Waals surface area contributed by atoms with E-state index < -0.39 is 0 Å². The molecule has 0 saturated carbocycles. The smallest absolute Gasteiger partial charge is 0.181 e. The lowest BCUT2D eigenvalue weighted by atomic mass is 10.1. The van der Waals surface area contributed by atoms with Crippen LogP contribution in [0.2, 0.25) is 0 Å². The van der Waals surface area contributed by atoms with Crippen LogP contribution in [0, 0.1) is 20.8 Å². The second kappa shape index (κ2) is 11.3. The first-order valence-corrected chi connectivity index (χ1v) is 12.3. The predicted molar refractivity (Wildman–Crippen MR) is 136 cm³/mol. The molecule has 4 aromatic rings. The van der Waals surface area contributed by atoms with Crippen molar-refractivity contribution >= 4 is 28.0 Å². The topological polar surface area (TPSA) is 81.8 Å². The molecule has 0 spiro atoms. The van der Waals surface area contributed by atoms with E-state index in [9.17, 15) is 0 Å². The van der Waals surface area contributed by atoms with Crippen LogP contribution in [0.4, 0.5) is 0 Å². The molecule has 0 aliphatic heterocycles. The van der Waals surface area contributed by atoms with Crippen molar-refractivity contribution in [3.05, 3.63) is 75.2 Å². The Kier molecular flexibility index (Phi) is 7.92. The molecule has 34 heavy (non-hydrogen) atoms. The fraction of sp³-hybridized carbons (Fsp3) is 0.346. The molecule has 8 heteroatoms. The molecule has 3 aromatic heterocycles. The highest BCUT2D eigenvalue weighted by Gasteiger charge is 2.23. The van der Waals surface area contributed by atoms with E-state index in [2.05, 4.69) is 33.4 Å². The van der Waals surface area contributed by atoms with Gasteiger partial charge >= 0.3 is 0 Å². The van der Waals surface area contributed by atoms with Crippen molar-refractivity contribution in [3.63, 3.8) is 0 Å². The zero-order valence-corrected chi connectivity index (χ0v) is 20.9. The van der Waals surface area contributed by atoms with Crippen molar-refractivity contribution in [3.8, 4) is 5.75 Å². The minimum atomic E-state index is 0.468. The lowest BCUT2D eigenvalue weighted by Gasteiger charge is -2.08. The summed E-state index contributed by atoms with van der Waals surface area (Å²) in [5.41, 5.74) is 4.49. The summed E-state index contributed by atoms with van der Waals surface area (Å²) in [4.78, 5) is 15.4. The van der Waals surface area contributed by atoms with Crippen molar-refractivity contribution in [2.75, 3.05) is 19.8 Å². The number of oxime groups is 1. The molecule has 0 fully saturated rings. The van der Waals surface area contributed by atoms with Gasteiger partial charge in [-0.2, -0.15) is 0 Å². The maximum atomic E-state index is 6.25. The Labute approximate surface area is 203 Å². The maximum Gasteiger partial charge on any atom is 0.181 e. The molecule has 3 heterocycles. The van der Waals surface area contributed by atoms with Gasteiger partial charge in [-0.25, -0.2) is 4.98 Å². The van der Waals surface area contributed by atoms with E-state index in [-0.39, 0.29) is 0 Å². The number of furan rings is 1. The Morgan fingerprint density at radius 3 is 2.79 bits per heavy atom. The summed E-state index contributed by atoms with van der Waals surface area (Å²) < 4.78 is 12.4. The van der Waals surface area contributed by atoms with E-state index >= 15 is 0 Å². The predicted octanol–water partition coefficient (Wildman–Crippen LogP) is 5.56. The average molecular weight is 479 g/mol. The summed E-state index contributed by atoms with van der Waals surface area (Å²) in [6, 6.07) is 9.89. The second-order valence-electron chi connectivity index (χ2n) is 7.94. The van der Waals surface area contributed by atoms with Crippen LogP contribution in [-0.2, 0) is 11.4 Å². The van der Waals surface area contributed by atoms with E-state index in [0.717, 1.165) is 57.4 Å². The third-order valence-electron chi connectivity index (χ3n) is 5.45. The molecular weight excluding hydrogens is 448 g/mol. The van der Waals surface area contributed by atoms with E-state index in [0.29, 0.717) is 24.7 Å². The van der Waals surface area contributed by atoms with E-state index in [4.69, 9.17) is 14.0 Å². The fourth-order valence-corrected chi connectivity index (χ4v) is 4.50. The zero-order chi connectivity index (χ0) is 23.9. The first-order valence-electron chi connectivity index (χ1n) is 11.5. The highest BCUT2D eigenvalue weighted by atomic mass is 32.1. The Bertz CT molecular complexity index is 1240. The molecule has 4 rings (SSSR count). The molecule has 0 aliphatic rings. The number of aromatic nitrogens is 2. The number of hydrogen-bond donors (Lipinski definition) is 1. The fourth-order valence-electron chi connectivity index (χ4n) is 3.61. The maximum absolute atomic E-state index is 6.25. The van der Waals surface area contributed by atoms with Crippen LogP contribution in [0.1, 0.15) is 45.8 Å². The number of aryl methyl sites for hydroxylation is 3. The van der Waals surface area contributed by atoms with Crippen molar-refractivity contribution in [1.82, 2.24) is 15.3 Å². The molecule has 0 atom stereocenters. The summed E-state index contributed by atoms with van der Waals surface area (Å²) in [7, 11) is 0. The van der Waals surface area contributed by atoms with E-state index in [1.807, 2.05) is 51.2 Å². The Balaban J connectivity index is 1.48. The van der Waals surface area contributed by atoms with Gasteiger partial charge in [-0.3, -0.25) is 4.98 Å². The van der Waals surface area contributed by atoms with Gasteiger partial charge in [-0.1, -0.05) is 17.3 Å². The van der Waals surface area contributed by atoms with Crippen LogP contribution in [-0.4, -0.2) is 35.4 Å². The first kappa shape index (κ1) is 23.9. The minimum Gasteiger partial charge on any atom is -0.493 e. The first-order chi connectivity index (χ1) is 16.6. The third kappa shape index (κ3) is 5.46. The normalized spacial score (nSPS) is 11.8. The number of nitrogens with one attached hydrogen (secondary N) is 1. The SMILES string of the molecule is CCON=C(c1nc(C)c(C)s1)c1oc2cccc(OCCCNCc3cccnc3)c2c1C. The van der Waals surface area contributed by atoms with E-state index in [1.165, 1.54) is 5.56 Å². The zero-order valence-electron chi connectivity index (χ0n) is 20.1. The summed E-state index contributed by atoms with van der Waals surface area (Å²) in [6.45, 7) is 10.7. The van der Waals surface area contributed by atoms with Gasteiger partial charge in [-0.15, -0.1) is 11.3 Å². The van der Waals surface area contributed by atoms with Crippen LogP contribution in [0.3, 0.4) is 0 Å². The number of ether oxygens (including phenoxy) is 1. The number of rotatable bonds is 11. The van der Waals surface area contributed by atoms with Gasteiger partial charge in [0, 0.05) is 29.4 Å². The number of nitrogens with zero attached hydrogens (tertiary/aromatic N) is 3. The van der Waals surface area contributed by atoms with Gasteiger partial charge in [0.1, 0.15) is 22.9 Å². The van der Waals surface area contributed by atoms with Gasteiger partial charge in [0.05, 0.1) is 17.7 Å². The monoisotopic (exact) mass is 478 g/mol. The summed E-state index contributed by atoms with van der Waals surface area (Å²) in [5, 5.41) is 9.53. The third-order valence-corrected chi connectivity index (χ3v) is 6.53. The summed E-state index contributed by atoms with van der Waals surface area (Å²) >= 11 is 1.59. The standard InChI is InChI=1S/C26H30N4O3S/c1-5-32-30-24(26-29-18(3)19(4)34-26)25-17(2)23-21(10-6-11-22(23)33-25)31-14-8-13-28-16-20-9-7-12-27-15-20/h6-7,9-12,15,28H,5,8,13-14,16H2,1-4H3. The molecule has 0 bridgehead atoms. The number of thiazole rings is 1. The Hall–Kier alpha value is -3.23. The highest BCUT2D eigenvalue weighted by molar-refractivity contribution is 7.14. The lowest BCUT2D eigenvalue weighted by Crippen LogP contribution is -2.17. The average Bonchev–Trinajstić information content (AvgIpc) is 3.36. The second-order valence-corrected chi connectivity index (χ2v) is 9.15. The molecule has 7 nitrogen and oxygen atoms in total. The van der Waals surface area contributed by atoms with E-state index in [1.54, 1.807) is 17.5 Å². The molecule has 0 aliphatic carbocycles. The Morgan fingerprint density at radius 2 is 2.06 bits per heavy atom. The van der Waals surface area contributed by atoms with Crippen LogP contribution < -0.4 is 10.1 Å². The Morgan fingerprint density at radius 1 is 1.18 bits per heavy atom. The highest BCUT2D eigenvalue weighted by Crippen LogP contribution is 2.35. The van der Waals surface area contributed by atoms with Gasteiger partial charge in [-0.05, 0) is 64.4 Å². The molecule has 0 amide bonds. The number of fused-ring (bicyclic) bond motifs is 1. The summed E-state index contributed by atoms with van der Waals surface area (Å²) in [5.74, 6) is 1.46. The number of hydrogen-bond acceptors (Lipinski definition) is 8. The largest absolute Gasteiger partial charge is 0.493 e. The molecule has 0 unspecified atom stereocenters. The van der Waals surface area contributed by atoms with Crippen LogP contribution >= 0.6 is 11.3 Å². The molecular formula is C26H30N4O3S. The number of pyridine rings is 1. The van der Waals surface area contributed by atoms with Crippen molar-refractivity contribution < 1.29 is 14.0 Å². The molecule has 0 saturated heterocycles. The molecule has 1 N–H and O–H groups in total. The van der Waals surface area contributed by atoms with Crippen LogP contribution in [0.15, 0.2) is 52.3 Å². The lowest BCUT2D eigenvalue weighted by molar-refractivity contribution is 0.159. The molecule has 178 valence electrons. The quantitative estimate of drug-likeness (QED) is 0.173. The van der Waals surface area contributed by atoms with Crippen molar-refractivity contribution in [1.29, 1.82) is 0 Å². The van der Waals surface area contributed by atoms with Crippen LogP contribution in [0.5, 0.6) is 5.75 Å². The minimum absolute atomic E-state index is 0.468. The molecule has 1 aromatic carbocycles. The number of benzene rings is 1. The van der Waals surface area contributed by atoms with Crippen LogP contribution in [0.25, 0.3) is 11.0 Å².